The zero-order chi connectivity index (χ0) is 15.7. The van der Waals surface area contributed by atoms with Crippen LogP contribution in [0, 0.1) is 0 Å². The highest BCUT2D eigenvalue weighted by Crippen LogP contribution is 2.35. The first-order chi connectivity index (χ1) is 10.6. The van der Waals surface area contributed by atoms with Gasteiger partial charge >= 0.3 is 0 Å². The van der Waals surface area contributed by atoms with E-state index in [4.69, 9.17) is 4.74 Å². The molecule has 0 radical (unpaired) electrons. The maximum Gasteiger partial charge on any atom is 0.262 e. The quantitative estimate of drug-likeness (QED) is 0.852. The highest BCUT2D eigenvalue weighted by atomic mass is 16.5. The van der Waals surface area contributed by atoms with Crippen molar-refractivity contribution < 1.29 is 19.1 Å². The first-order valence-electron chi connectivity index (χ1n) is 7.20. The monoisotopic (exact) mass is 303 g/mol. The number of benzene rings is 1. The molecule has 3 amide bonds. The lowest BCUT2D eigenvalue weighted by molar-refractivity contribution is -0.134. The number of hydrogen-bond acceptors (Lipinski definition) is 4. The minimum Gasteiger partial charge on any atom is -0.481 e. The number of carbonyl (C=O) groups is 3. The van der Waals surface area contributed by atoms with Crippen molar-refractivity contribution in [1.29, 1.82) is 0 Å². The van der Waals surface area contributed by atoms with E-state index >= 15 is 0 Å². The number of amides is 3. The first-order valence-corrected chi connectivity index (χ1v) is 7.20. The minimum absolute atomic E-state index is 0.0366. The number of hydrogen-bond donors (Lipinski definition) is 2. The summed E-state index contributed by atoms with van der Waals surface area (Å²) in [7, 11) is 0. The van der Waals surface area contributed by atoms with E-state index in [9.17, 15) is 14.4 Å². The van der Waals surface area contributed by atoms with Gasteiger partial charge in [0.2, 0.25) is 11.8 Å². The topological polar surface area (TPSA) is 87.7 Å². The molecular formula is C15H17N3O4. The second-order valence-electron chi connectivity index (χ2n) is 5.38. The molecule has 2 heterocycles. The van der Waals surface area contributed by atoms with Crippen LogP contribution in [0.15, 0.2) is 18.2 Å². The van der Waals surface area contributed by atoms with Gasteiger partial charge in [-0.1, -0.05) is 6.07 Å². The first kappa shape index (κ1) is 14.4. The van der Waals surface area contributed by atoms with Crippen molar-refractivity contribution in [3.63, 3.8) is 0 Å². The van der Waals surface area contributed by atoms with Crippen LogP contribution >= 0.6 is 0 Å². The number of nitrogens with zero attached hydrogens (tertiary/aromatic N) is 1. The van der Waals surface area contributed by atoms with Gasteiger partial charge in [0.05, 0.1) is 5.69 Å². The Labute approximate surface area is 127 Å². The van der Waals surface area contributed by atoms with Gasteiger partial charge in [-0.05, 0) is 25.0 Å². The van der Waals surface area contributed by atoms with E-state index in [-0.39, 0.29) is 24.3 Å². The van der Waals surface area contributed by atoms with Gasteiger partial charge in [-0.25, -0.2) is 0 Å². The third kappa shape index (κ3) is 2.61. The molecule has 1 saturated heterocycles. The van der Waals surface area contributed by atoms with Gasteiger partial charge in [-0.15, -0.1) is 0 Å². The van der Waals surface area contributed by atoms with Gasteiger partial charge in [-0.2, -0.15) is 0 Å². The molecule has 1 fully saturated rings. The molecule has 0 spiro atoms. The van der Waals surface area contributed by atoms with Crippen LogP contribution in [0.5, 0.6) is 5.75 Å². The molecule has 2 N–H and O–H groups in total. The summed E-state index contributed by atoms with van der Waals surface area (Å²) >= 11 is 0. The molecule has 3 rings (SSSR count). The molecule has 1 aromatic rings. The van der Waals surface area contributed by atoms with Gasteiger partial charge < -0.3 is 20.3 Å². The fourth-order valence-corrected chi connectivity index (χ4v) is 2.84. The minimum atomic E-state index is -0.464. The SMILES string of the molecule is CC(=O)N1CCC[C@@H]1C(=O)Nc1cccc2c1NC(=O)CO2. The van der Waals surface area contributed by atoms with Gasteiger partial charge in [0.15, 0.2) is 6.61 Å². The molecule has 2 aliphatic heterocycles. The molecule has 7 heteroatoms. The Bertz CT molecular complexity index is 644. The molecule has 1 aromatic carbocycles. The lowest BCUT2D eigenvalue weighted by atomic mass is 10.1. The van der Waals surface area contributed by atoms with Crippen LogP contribution < -0.4 is 15.4 Å². The number of carbonyl (C=O) groups excluding carboxylic acids is 3. The van der Waals surface area contributed by atoms with Crippen LogP contribution in [-0.4, -0.2) is 41.8 Å². The Morgan fingerprint density at radius 1 is 1.41 bits per heavy atom. The fraction of sp³-hybridized carbons (Fsp3) is 0.400. The number of anilines is 2. The summed E-state index contributed by atoms with van der Waals surface area (Å²) in [6.45, 7) is 2.02. The van der Waals surface area contributed by atoms with Crippen molar-refractivity contribution in [2.75, 3.05) is 23.8 Å². The number of rotatable bonds is 2. The Kier molecular flexibility index (Phi) is 3.70. The zero-order valence-corrected chi connectivity index (χ0v) is 12.2. The zero-order valence-electron chi connectivity index (χ0n) is 12.2. The van der Waals surface area contributed by atoms with Gasteiger partial charge in [0.1, 0.15) is 17.5 Å². The summed E-state index contributed by atoms with van der Waals surface area (Å²) in [6.07, 6.45) is 1.45. The number of ether oxygens (including phenoxy) is 1. The van der Waals surface area contributed by atoms with Gasteiger partial charge in [0.25, 0.3) is 5.91 Å². The highest BCUT2D eigenvalue weighted by molar-refractivity contribution is 6.05. The second kappa shape index (κ2) is 5.67. The largest absolute Gasteiger partial charge is 0.481 e. The van der Waals surface area contributed by atoms with E-state index in [0.717, 1.165) is 6.42 Å². The molecule has 0 unspecified atom stereocenters. The average Bonchev–Trinajstić information content (AvgIpc) is 2.97. The number of fused-ring (bicyclic) bond motifs is 1. The predicted octanol–water partition coefficient (Wildman–Crippen LogP) is 0.967. The van der Waals surface area contributed by atoms with Crippen molar-refractivity contribution in [2.24, 2.45) is 0 Å². The van der Waals surface area contributed by atoms with Crippen LogP contribution in [0.25, 0.3) is 0 Å². The predicted molar refractivity (Wildman–Crippen MR) is 79.6 cm³/mol. The Hall–Kier alpha value is -2.57. The Morgan fingerprint density at radius 3 is 3.00 bits per heavy atom. The molecule has 22 heavy (non-hydrogen) atoms. The summed E-state index contributed by atoms with van der Waals surface area (Å²) in [4.78, 5) is 37.0. The maximum atomic E-state index is 12.4. The van der Waals surface area contributed by atoms with E-state index in [1.165, 1.54) is 6.92 Å². The standard InChI is InChI=1S/C15H17N3O4/c1-9(19)18-7-3-5-11(18)15(21)16-10-4-2-6-12-14(10)17-13(20)8-22-12/h2,4,6,11H,3,5,7-8H2,1H3,(H,16,21)(H,17,20)/t11-/m1/s1. The summed E-state index contributed by atoms with van der Waals surface area (Å²) in [5.74, 6) is -0.0991. The number of para-hydroxylation sites is 1. The van der Waals surface area contributed by atoms with Crippen LogP contribution in [0.1, 0.15) is 19.8 Å². The van der Waals surface area contributed by atoms with E-state index in [0.29, 0.717) is 30.1 Å². The van der Waals surface area contributed by atoms with Crippen molar-refractivity contribution >= 4 is 29.1 Å². The lowest BCUT2D eigenvalue weighted by Crippen LogP contribution is -2.42. The van der Waals surface area contributed by atoms with Gasteiger partial charge in [0, 0.05) is 13.5 Å². The van der Waals surface area contributed by atoms with Crippen LogP contribution in [0.2, 0.25) is 0 Å². The fourth-order valence-electron chi connectivity index (χ4n) is 2.84. The van der Waals surface area contributed by atoms with Crippen molar-refractivity contribution in [3.8, 4) is 5.75 Å². The van der Waals surface area contributed by atoms with Crippen molar-refractivity contribution in [2.45, 2.75) is 25.8 Å². The Morgan fingerprint density at radius 2 is 2.23 bits per heavy atom. The Balaban J connectivity index is 1.80. The lowest BCUT2D eigenvalue weighted by Gasteiger charge is -2.24. The van der Waals surface area contributed by atoms with Crippen LogP contribution in [0.3, 0.4) is 0 Å². The third-order valence-corrected chi connectivity index (χ3v) is 3.87. The third-order valence-electron chi connectivity index (χ3n) is 3.87. The van der Waals surface area contributed by atoms with Crippen molar-refractivity contribution in [3.05, 3.63) is 18.2 Å². The molecule has 1 atom stereocenters. The van der Waals surface area contributed by atoms with E-state index in [1.807, 2.05) is 0 Å². The summed E-state index contributed by atoms with van der Waals surface area (Å²) in [6, 6.07) is 4.69. The second-order valence-corrected chi connectivity index (χ2v) is 5.38. The molecule has 0 bridgehead atoms. The molecule has 2 aliphatic rings. The molecule has 7 nitrogen and oxygen atoms in total. The van der Waals surface area contributed by atoms with Crippen LogP contribution in [0.4, 0.5) is 11.4 Å². The van der Waals surface area contributed by atoms with E-state index in [1.54, 1.807) is 23.1 Å². The average molecular weight is 303 g/mol. The summed E-state index contributed by atoms with van der Waals surface area (Å²) in [5.41, 5.74) is 0.936. The molecule has 116 valence electrons. The van der Waals surface area contributed by atoms with E-state index < -0.39 is 6.04 Å². The molecule has 0 aromatic heterocycles. The number of nitrogens with one attached hydrogen (secondary N) is 2. The highest BCUT2D eigenvalue weighted by Gasteiger charge is 2.33. The van der Waals surface area contributed by atoms with E-state index in [2.05, 4.69) is 10.6 Å². The van der Waals surface area contributed by atoms with Gasteiger partial charge in [-0.3, -0.25) is 14.4 Å². The normalized spacial score (nSPS) is 20.0. The number of likely N-dealkylation sites (tertiary alicyclic amines) is 1. The summed E-state index contributed by atoms with van der Waals surface area (Å²) in [5, 5.41) is 5.49. The van der Waals surface area contributed by atoms with Crippen molar-refractivity contribution in [1.82, 2.24) is 4.90 Å². The molecule has 0 saturated carbocycles. The van der Waals surface area contributed by atoms with Crippen LogP contribution in [-0.2, 0) is 14.4 Å². The smallest absolute Gasteiger partial charge is 0.262 e. The molecular weight excluding hydrogens is 286 g/mol. The maximum absolute atomic E-state index is 12.4. The molecule has 0 aliphatic carbocycles. The summed E-state index contributed by atoms with van der Waals surface area (Å²) < 4.78 is 5.31.